The van der Waals surface area contributed by atoms with Crippen LogP contribution in [-0.4, -0.2) is 20.5 Å². The summed E-state index contributed by atoms with van der Waals surface area (Å²) >= 11 is 0. The molecule has 0 saturated carbocycles. The molecule has 21 heavy (non-hydrogen) atoms. The lowest BCUT2D eigenvalue weighted by Gasteiger charge is -2.25. The topological polar surface area (TPSA) is 72.2 Å². The standard InChI is InChI=1S/C15H21FN2O2S/c1-4-9-15(2,3)18-21(19,20)14-8-7-12(6-5-10-17)11-13(14)16/h7-8,11,18H,4,9-10,17H2,1-3H3. The number of rotatable bonds is 5. The van der Waals surface area contributed by atoms with Gasteiger partial charge >= 0.3 is 0 Å². The van der Waals surface area contributed by atoms with E-state index < -0.39 is 21.4 Å². The van der Waals surface area contributed by atoms with Crippen molar-refractivity contribution in [2.45, 2.75) is 44.0 Å². The van der Waals surface area contributed by atoms with Crippen molar-refractivity contribution < 1.29 is 12.8 Å². The van der Waals surface area contributed by atoms with Crippen LogP contribution in [-0.2, 0) is 10.0 Å². The minimum atomic E-state index is -3.91. The summed E-state index contributed by atoms with van der Waals surface area (Å²) < 4.78 is 41.1. The Kier molecular flexibility index (Phi) is 5.90. The van der Waals surface area contributed by atoms with Gasteiger partial charge < -0.3 is 5.73 Å². The summed E-state index contributed by atoms with van der Waals surface area (Å²) in [5.41, 5.74) is 5.00. The number of nitrogens with one attached hydrogen (secondary N) is 1. The van der Waals surface area contributed by atoms with E-state index in [1.165, 1.54) is 12.1 Å². The van der Waals surface area contributed by atoms with E-state index in [2.05, 4.69) is 16.6 Å². The van der Waals surface area contributed by atoms with Gasteiger partial charge in [-0.1, -0.05) is 25.2 Å². The summed E-state index contributed by atoms with van der Waals surface area (Å²) in [6, 6.07) is 3.79. The highest BCUT2D eigenvalue weighted by Gasteiger charge is 2.27. The zero-order chi connectivity index (χ0) is 16.1. The maximum atomic E-state index is 14.0. The average Bonchev–Trinajstić information content (AvgIpc) is 2.34. The summed E-state index contributed by atoms with van der Waals surface area (Å²) in [5.74, 6) is 4.43. The predicted octanol–water partition coefficient (Wildman–Crippen LogP) is 1.99. The molecule has 4 nitrogen and oxygen atoms in total. The first kappa shape index (κ1) is 17.6. The van der Waals surface area contributed by atoms with Gasteiger partial charge in [0.1, 0.15) is 10.7 Å². The molecule has 1 rings (SSSR count). The third kappa shape index (κ3) is 5.12. The van der Waals surface area contributed by atoms with Crippen molar-refractivity contribution in [3.05, 3.63) is 29.6 Å². The molecule has 0 aliphatic rings. The van der Waals surface area contributed by atoms with Crippen molar-refractivity contribution in [1.82, 2.24) is 4.72 Å². The van der Waals surface area contributed by atoms with Crippen molar-refractivity contribution in [1.29, 1.82) is 0 Å². The van der Waals surface area contributed by atoms with Crippen molar-refractivity contribution in [3.63, 3.8) is 0 Å². The molecule has 0 amide bonds. The van der Waals surface area contributed by atoms with Crippen molar-refractivity contribution in [2.24, 2.45) is 5.73 Å². The lowest BCUT2D eigenvalue weighted by atomic mass is 10.0. The maximum Gasteiger partial charge on any atom is 0.243 e. The molecule has 0 unspecified atom stereocenters. The van der Waals surface area contributed by atoms with Crippen LogP contribution in [0.5, 0.6) is 0 Å². The highest BCUT2D eigenvalue weighted by Crippen LogP contribution is 2.20. The first-order valence-electron chi connectivity index (χ1n) is 6.74. The largest absolute Gasteiger partial charge is 0.320 e. The average molecular weight is 312 g/mol. The van der Waals surface area contributed by atoms with E-state index in [9.17, 15) is 12.8 Å². The van der Waals surface area contributed by atoms with Gasteiger partial charge in [-0.15, -0.1) is 0 Å². The van der Waals surface area contributed by atoms with Crippen LogP contribution in [0, 0.1) is 17.7 Å². The number of halogens is 1. The Bertz CT molecular complexity index is 658. The summed E-state index contributed by atoms with van der Waals surface area (Å²) in [7, 11) is -3.91. The Morgan fingerprint density at radius 1 is 1.38 bits per heavy atom. The van der Waals surface area contributed by atoms with Crippen molar-refractivity contribution in [3.8, 4) is 11.8 Å². The molecule has 116 valence electrons. The molecule has 6 heteroatoms. The Morgan fingerprint density at radius 3 is 2.57 bits per heavy atom. The SMILES string of the molecule is CCCC(C)(C)NS(=O)(=O)c1ccc(C#CCN)cc1F. The quantitative estimate of drug-likeness (QED) is 0.817. The van der Waals surface area contributed by atoms with Crippen LogP contribution in [0.2, 0.25) is 0 Å². The van der Waals surface area contributed by atoms with Gasteiger partial charge in [-0.3, -0.25) is 0 Å². The smallest absolute Gasteiger partial charge is 0.243 e. The fourth-order valence-electron chi connectivity index (χ4n) is 2.04. The Morgan fingerprint density at radius 2 is 2.05 bits per heavy atom. The number of nitrogens with two attached hydrogens (primary N) is 1. The van der Waals surface area contributed by atoms with Crippen LogP contribution in [0.4, 0.5) is 4.39 Å². The van der Waals surface area contributed by atoms with Gasteiger partial charge in [0.2, 0.25) is 10.0 Å². The van der Waals surface area contributed by atoms with Crippen LogP contribution in [0.15, 0.2) is 23.1 Å². The van der Waals surface area contributed by atoms with E-state index in [-0.39, 0.29) is 11.4 Å². The molecule has 1 aromatic rings. The minimum absolute atomic E-state index is 0.161. The molecule has 0 saturated heterocycles. The second-order valence-corrected chi connectivity index (χ2v) is 7.04. The highest BCUT2D eigenvalue weighted by molar-refractivity contribution is 7.89. The normalized spacial score (nSPS) is 11.9. The molecule has 0 aliphatic carbocycles. The van der Waals surface area contributed by atoms with E-state index in [0.717, 1.165) is 12.5 Å². The monoisotopic (exact) mass is 312 g/mol. The molecular weight excluding hydrogens is 291 g/mol. The van der Waals surface area contributed by atoms with Gasteiger partial charge in [0.05, 0.1) is 6.54 Å². The predicted molar refractivity (Wildman–Crippen MR) is 81.6 cm³/mol. The van der Waals surface area contributed by atoms with Gasteiger partial charge in [0, 0.05) is 11.1 Å². The molecule has 0 atom stereocenters. The zero-order valence-corrected chi connectivity index (χ0v) is 13.3. The van der Waals surface area contributed by atoms with Crippen LogP contribution in [0.1, 0.15) is 39.2 Å². The third-order valence-electron chi connectivity index (χ3n) is 2.84. The van der Waals surface area contributed by atoms with Gasteiger partial charge in [0.25, 0.3) is 0 Å². The summed E-state index contributed by atoms with van der Waals surface area (Å²) in [6.45, 7) is 5.66. The molecule has 1 aromatic carbocycles. The Balaban J connectivity index is 3.10. The number of sulfonamides is 1. The Labute approximate surface area is 126 Å². The van der Waals surface area contributed by atoms with Crippen molar-refractivity contribution >= 4 is 10.0 Å². The van der Waals surface area contributed by atoms with Crippen LogP contribution in [0.25, 0.3) is 0 Å². The molecule has 0 spiro atoms. The van der Waals surface area contributed by atoms with E-state index in [1.54, 1.807) is 13.8 Å². The summed E-state index contributed by atoms with van der Waals surface area (Å²) in [4.78, 5) is -0.370. The van der Waals surface area contributed by atoms with E-state index in [1.807, 2.05) is 6.92 Å². The fraction of sp³-hybridized carbons (Fsp3) is 0.467. The fourth-order valence-corrected chi connectivity index (χ4v) is 3.55. The van der Waals surface area contributed by atoms with E-state index in [4.69, 9.17) is 5.73 Å². The first-order valence-corrected chi connectivity index (χ1v) is 8.22. The van der Waals surface area contributed by atoms with Crippen LogP contribution in [0.3, 0.4) is 0 Å². The van der Waals surface area contributed by atoms with Crippen LogP contribution >= 0.6 is 0 Å². The molecule has 0 heterocycles. The lowest BCUT2D eigenvalue weighted by molar-refractivity contribution is 0.416. The third-order valence-corrected chi connectivity index (χ3v) is 4.57. The molecule has 3 N–H and O–H groups in total. The number of hydrogen-bond donors (Lipinski definition) is 2. The molecular formula is C15H21FN2O2S. The number of hydrogen-bond acceptors (Lipinski definition) is 3. The minimum Gasteiger partial charge on any atom is -0.320 e. The maximum absolute atomic E-state index is 14.0. The first-order chi connectivity index (χ1) is 9.72. The number of benzene rings is 1. The summed E-state index contributed by atoms with van der Waals surface area (Å²) in [5, 5.41) is 0. The second kappa shape index (κ2) is 7.03. The second-order valence-electron chi connectivity index (χ2n) is 5.39. The zero-order valence-electron chi connectivity index (χ0n) is 12.5. The lowest BCUT2D eigenvalue weighted by Crippen LogP contribution is -2.43. The van der Waals surface area contributed by atoms with Crippen LogP contribution < -0.4 is 10.5 Å². The molecule has 0 bridgehead atoms. The molecule has 0 aromatic heterocycles. The Hall–Kier alpha value is -1.42. The van der Waals surface area contributed by atoms with Gasteiger partial charge in [0.15, 0.2) is 0 Å². The van der Waals surface area contributed by atoms with Gasteiger partial charge in [-0.25, -0.2) is 17.5 Å². The van der Waals surface area contributed by atoms with E-state index in [0.29, 0.717) is 12.0 Å². The molecule has 0 aliphatic heterocycles. The highest BCUT2D eigenvalue weighted by atomic mass is 32.2. The van der Waals surface area contributed by atoms with E-state index >= 15 is 0 Å². The van der Waals surface area contributed by atoms with Crippen molar-refractivity contribution in [2.75, 3.05) is 6.54 Å². The molecule has 0 radical (unpaired) electrons. The summed E-state index contributed by atoms with van der Waals surface area (Å²) in [6.07, 6.45) is 1.49. The van der Waals surface area contributed by atoms with Gasteiger partial charge in [-0.05, 0) is 38.5 Å². The van der Waals surface area contributed by atoms with Gasteiger partial charge in [-0.2, -0.15) is 0 Å². The molecule has 0 fully saturated rings.